The number of benzene rings is 1. The summed E-state index contributed by atoms with van der Waals surface area (Å²) in [4.78, 5) is 23.3. The van der Waals surface area contributed by atoms with E-state index < -0.39 is 55.0 Å². The molecule has 0 aliphatic carbocycles. The average molecular weight is 477 g/mol. The summed E-state index contributed by atoms with van der Waals surface area (Å²) in [5.41, 5.74) is 2.09. The molecule has 0 spiro atoms. The van der Waals surface area contributed by atoms with Gasteiger partial charge in [-0.15, -0.1) is 24.5 Å². The molecule has 2 rings (SSSR count). The Kier molecular flexibility index (Phi) is 6.36. The van der Waals surface area contributed by atoms with Crippen LogP contribution in [0.4, 0.5) is 18.2 Å². The van der Waals surface area contributed by atoms with Crippen LogP contribution in [0.25, 0.3) is 0 Å². The molecule has 0 radical (unpaired) electrons. The number of aliphatic hydroxyl groups is 1. The van der Waals surface area contributed by atoms with E-state index in [0.29, 0.717) is 23.5 Å². The first-order chi connectivity index (χ1) is 14.1. The van der Waals surface area contributed by atoms with Gasteiger partial charge in [0.2, 0.25) is 0 Å². The number of amides is 2. The number of thiophene rings is 1. The highest BCUT2D eigenvalue weighted by Crippen LogP contribution is 2.38. The fraction of sp³-hybridized carbons (Fsp3) is 0.235. The number of primary amides is 1. The second-order valence-corrected chi connectivity index (χ2v) is 9.11. The fourth-order valence-corrected chi connectivity index (χ4v) is 5.12. The van der Waals surface area contributed by atoms with Crippen LogP contribution in [0.1, 0.15) is 29.8 Å². The number of halogens is 3. The van der Waals surface area contributed by atoms with Crippen LogP contribution in [-0.2, 0) is 14.8 Å². The lowest BCUT2D eigenvalue weighted by Gasteiger charge is -2.28. The third-order valence-corrected chi connectivity index (χ3v) is 6.34. The number of carbonyl (C=O) groups excluding carboxylic acids is 2. The van der Waals surface area contributed by atoms with E-state index in [-0.39, 0.29) is 9.87 Å². The second kappa shape index (κ2) is 8.17. The molecule has 0 fully saturated rings. The molecule has 31 heavy (non-hydrogen) atoms. The molecule has 0 bridgehead atoms. The number of ether oxygens (including phenoxy) is 1. The van der Waals surface area contributed by atoms with Crippen molar-refractivity contribution in [3.8, 4) is 11.8 Å². The van der Waals surface area contributed by atoms with Gasteiger partial charge in [-0.2, -0.15) is 9.57 Å². The molecule has 0 aliphatic rings. The first-order valence-corrected chi connectivity index (χ1v) is 10.4. The van der Waals surface area contributed by atoms with Crippen LogP contribution in [0, 0.1) is 11.3 Å². The van der Waals surface area contributed by atoms with E-state index in [9.17, 15) is 36.3 Å². The van der Waals surface area contributed by atoms with Gasteiger partial charge in [0.25, 0.3) is 21.8 Å². The molecule has 9 nitrogen and oxygen atoms in total. The van der Waals surface area contributed by atoms with E-state index in [1.54, 1.807) is 6.07 Å². The van der Waals surface area contributed by atoms with Gasteiger partial charge in [0.15, 0.2) is 0 Å². The van der Waals surface area contributed by atoms with Gasteiger partial charge in [0.1, 0.15) is 21.2 Å². The van der Waals surface area contributed by atoms with Gasteiger partial charge < -0.3 is 15.6 Å². The minimum Gasteiger partial charge on any atom is -0.404 e. The zero-order chi connectivity index (χ0) is 23.8. The smallest absolute Gasteiger partial charge is 0.404 e. The van der Waals surface area contributed by atoms with E-state index >= 15 is 0 Å². The normalized spacial score (nSPS) is 12.2. The van der Waals surface area contributed by atoms with Crippen molar-refractivity contribution in [2.24, 2.45) is 5.73 Å². The lowest BCUT2D eigenvalue weighted by molar-refractivity contribution is -0.275. The average Bonchev–Trinajstić information content (AvgIpc) is 3.09. The Morgan fingerprint density at radius 2 is 1.87 bits per heavy atom. The van der Waals surface area contributed by atoms with Crippen LogP contribution in [-0.4, -0.2) is 37.3 Å². The van der Waals surface area contributed by atoms with Gasteiger partial charge in [-0.25, -0.2) is 8.42 Å². The van der Waals surface area contributed by atoms with Crippen LogP contribution >= 0.6 is 11.3 Å². The van der Waals surface area contributed by atoms with Crippen molar-refractivity contribution in [2.45, 2.75) is 30.7 Å². The summed E-state index contributed by atoms with van der Waals surface area (Å²) in [5.74, 6) is -3.84. The summed E-state index contributed by atoms with van der Waals surface area (Å²) >= 11 is 0.567. The van der Waals surface area contributed by atoms with Gasteiger partial charge in [0, 0.05) is 0 Å². The van der Waals surface area contributed by atoms with Crippen molar-refractivity contribution in [1.82, 2.24) is 0 Å². The zero-order valence-corrected chi connectivity index (χ0v) is 17.4. The molecule has 0 saturated heterocycles. The van der Waals surface area contributed by atoms with E-state index in [4.69, 9.17) is 11.0 Å². The Morgan fingerprint density at radius 1 is 1.26 bits per heavy atom. The Hall–Kier alpha value is -3.15. The molecule has 14 heteroatoms. The standard InChI is InChI=1S/C17H14F3N3O6S2/c1-16(2,26)15(25)23(14-10(13(22)24)5-6-30-14)31(27,28)12-7-9(8-21)3-4-11(12)29-17(18,19)20/h3-7,26H,1-2H3,(H2,22,24). The largest absolute Gasteiger partial charge is 0.573 e. The molecule has 1 heterocycles. The number of alkyl halides is 3. The van der Waals surface area contributed by atoms with Crippen LogP contribution in [0.5, 0.6) is 5.75 Å². The number of rotatable bonds is 6. The predicted molar refractivity (Wildman–Crippen MR) is 102 cm³/mol. The van der Waals surface area contributed by atoms with Crippen molar-refractivity contribution < 1.29 is 41.0 Å². The van der Waals surface area contributed by atoms with Gasteiger partial charge in [0.05, 0.1) is 17.2 Å². The third-order valence-electron chi connectivity index (χ3n) is 3.62. The fourth-order valence-electron chi connectivity index (χ4n) is 2.29. The second-order valence-electron chi connectivity index (χ2n) is 6.46. The van der Waals surface area contributed by atoms with E-state index in [1.807, 2.05) is 0 Å². The molecular formula is C17H14F3N3O6S2. The van der Waals surface area contributed by atoms with Crippen molar-refractivity contribution in [1.29, 1.82) is 5.26 Å². The number of nitrogens with zero attached hydrogens (tertiary/aromatic N) is 2. The summed E-state index contributed by atoms with van der Waals surface area (Å²) in [5, 5.41) is 19.8. The van der Waals surface area contributed by atoms with Crippen molar-refractivity contribution >= 4 is 38.2 Å². The SMILES string of the molecule is CC(C)(O)C(=O)N(c1sccc1C(N)=O)S(=O)(=O)c1cc(C#N)ccc1OC(F)(F)F. The topological polar surface area (TPSA) is 151 Å². The molecule has 2 aromatic rings. The predicted octanol–water partition coefficient (Wildman–Crippen LogP) is 2.11. The highest BCUT2D eigenvalue weighted by atomic mass is 32.2. The maximum atomic E-state index is 13.4. The molecule has 0 unspecified atom stereocenters. The Bertz CT molecular complexity index is 1180. The molecule has 3 N–H and O–H groups in total. The van der Waals surface area contributed by atoms with Gasteiger partial charge in [-0.05, 0) is 43.5 Å². The number of carbonyl (C=O) groups is 2. The first kappa shape index (κ1) is 24.1. The number of hydrogen-bond acceptors (Lipinski definition) is 8. The van der Waals surface area contributed by atoms with Crippen molar-refractivity contribution in [3.63, 3.8) is 0 Å². The van der Waals surface area contributed by atoms with Gasteiger partial charge >= 0.3 is 6.36 Å². The third kappa shape index (κ3) is 5.13. The molecule has 0 saturated carbocycles. The summed E-state index contributed by atoms with van der Waals surface area (Å²) < 4.78 is 68.9. The van der Waals surface area contributed by atoms with Crippen LogP contribution in [0.2, 0.25) is 0 Å². The number of nitriles is 1. The number of hydrogen-bond donors (Lipinski definition) is 2. The lowest BCUT2D eigenvalue weighted by atomic mass is 10.1. The zero-order valence-electron chi connectivity index (χ0n) is 15.8. The van der Waals surface area contributed by atoms with Crippen LogP contribution in [0.3, 0.4) is 0 Å². The van der Waals surface area contributed by atoms with E-state index in [2.05, 4.69) is 4.74 Å². The molecule has 2 amide bonds. The van der Waals surface area contributed by atoms with Crippen LogP contribution < -0.4 is 14.8 Å². The summed E-state index contributed by atoms with van der Waals surface area (Å²) in [6, 6.07) is 4.70. The highest BCUT2D eigenvalue weighted by molar-refractivity contribution is 7.94. The van der Waals surface area contributed by atoms with E-state index in [1.165, 1.54) is 5.38 Å². The van der Waals surface area contributed by atoms with Crippen molar-refractivity contribution in [3.05, 3.63) is 40.8 Å². The molecule has 0 atom stereocenters. The maximum Gasteiger partial charge on any atom is 0.573 e. The molecule has 1 aromatic heterocycles. The molecule has 0 aliphatic heterocycles. The van der Waals surface area contributed by atoms with Gasteiger partial charge in [-0.3, -0.25) is 9.59 Å². The number of nitrogens with two attached hydrogens (primary N) is 1. The summed E-state index contributed by atoms with van der Waals surface area (Å²) in [6.07, 6.45) is -5.30. The highest BCUT2D eigenvalue weighted by Gasteiger charge is 2.43. The number of sulfonamides is 1. The molecule has 166 valence electrons. The van der Waals surface area contributed by atoms with Gasteiger partial charge in [-0.1, -0.05) is 0 Å². The maximum absolute atomic E-state index is 13.4. The minimum absolute atomic E-state index is 0.0303. The quantitative estimate of drug-likeness (QED) is 0.647. The Balaban J connectivity index is 2.86. The summed E-state index contributed by atoms with van der Waals surface area (Å²) in [6.45, 7) is 1.88. The number of anilines is 1. The Morgan fingerprint density at radius 3 is 2.35 bits per heavy atom. The monoisotopic (exact) mass is 477 g/mol. The Labute approximate surface area is 178 Å². The van der Waals surface area contributed by atoms with E-state index in [0.717, 1.165) is 26.0 Å². The van der Waals surface area contributed by atoms with Crippen molar-refractivity contribution in [2.75, 3.05) is 4.31 Å². The molecule has 1 aromatic carbocycles. The molecular weight excluding hydrogens is 463 g/mol. The minimum atomic E-state index is -5.30. The lowest BCUT2D eigenvalue weighted by Crippen LogP contribution is -2.48. The summed E-state index contributed by atoms with van der Waals surface area (Å²) in [7, 11) is -5.25. The first-order valence-electron chi connectivity index (χ1n) is 8.09. The van der Waals surface area contributed by atoms with Crippen LogP contribution in [0.15, 0.2) is 34.5 Å².